The van der Waals surface area contributed by atoms with Gasteiger partial charge in [0.05, 0.1) is 18.0 Å². The number of methoxy groups -OCH3 is 1. The van der Waals surface area contributed by atoms with E-state index in [1.807, 2.05) is 31.2 Å². The predicted molar refractivity (Wildman–Crippen MR) is 102 cm³/mol. The lowest BCUT2D eigenvalue weighted by Gasteiger charge is -2.15. The maximum absolute atomic E-state index is 12.1. The molecule has 2 aromatic carbocycles. The van der Waals surface area contributed by atoms with Gasteiger partial charge < -0.3 is 14.8 Å². The van der Waals surface area contributed by atoms with Gasteiger partial charge in [-0.2, -0.15) is 0 Å². The number of nitrogens with zero attached hydrogens (tertiary/aromatic N) is 1. The summed E-state index contributed by atoms with van der Waals surface area (Å²) in [5.74, 6) is 0.892. The summed E-state index contributed by atoms with van der Waals surface area (Å²) in [5, 5.41) is 2.85. The number of nitrogens with one attached hydrogen (secondary N) is 1. The summed E-state index contributed by atoms with van der Waals surface area (Å²) in [6.07, 6.45) is 0. The van der Waals surface area contributed by atoms with E-state index in [9.17, 15) is 13.2 Å². The van der Waals surface area contributed by atoms with Crippen molar-refractivity contribution in [3.8, 4) is 11.5 Å². The van der Waals surface area contributed by atoms with E-state index >= 15 is 0 Å². The van der Waals surface area contributed by atoms with Gasteiger partial charge in [-0.25, -0.2) is 12.7 Å². The number of hydrogen-bond acceptors (Lipinski definition) is 5. The molecule has 0 radical (unpaired) electrons. The van der Waals surface area contributed by atoms with Crippen molar-refractivity contribution in [3.63, 3.8) is 0 Å². The molecule has 0 spiro atoms. The predicted octanol–water partition coefficient (Wildman–Crippen LogP) is 2.20. The van der Waals surface area contributed by atoms with Crippen molar-refractivity contribution >= 4 is 15.9 Å². The molecule has 0 fully saturated rings. The van der Waals surface area contributed by atoms with E-state index in [4.69, 9.17) is 9.47 Å². The van der Waals surface area contributed by atoms with Crippen LogP contribution in [0.4, 0.5) is 0 Å². The molecule has 0 aliphatic heterocycles. The fourth-order valence-electron chi connectivity index (χ4n) is 2.33. The van der Waals surface area contributed by atoms with Crippen LogP contribution in [-0.4, -0.2) is 46.4 Å². The minimum absolute atomic E-state index is 0.164. The molecule has 0 aromatic heterocycles. The van der Waals surface area contributed by atoms with Crippen molar-refractivity contribution in [2.45, 2.75) is 17.9 Å². The monoisotopic (exact) mass is 392 g/mol. The van der Waals surface area contributed by atoms with Gasteiger partial charge in [0.1, 0.15) is 11.5 Å². The molecule has 1 amide bonds. The molecule has 27 heavy (non-hydrogen) atoms. The number of rotatable bonds is 8. The maximum Gasteiger partial charge on any atom is 0.258 e. The normalized spacial score (nSPS) is 12.5. The Morgan fingerprint density at radius 1 is 1.04 bits per heavy atom. The smallest absolute Gasteiger partial charge is 0.258 e. The molecular weight excluding hydrogens is 368 g/mol. The van der Waals surface area contributed by atoms with Crippen LogP contribution in [-0.2, 0) is 14.8 Å². The summed E-state index contributed by atoms with van der Waals surface area (Å²) >= 11 is 0. The molecule has 7 nitrogen and oxygen atoms in total. The van der Waals surface area contributed by atoms with E-state index in [-0.39, 0.29) is 23.5 Å². The van der Waals surface area contributed by atoms with Crippen molar-refractivity contribution in [3.05, 3.63) is 54.1 Å². The van der Waals surface area contributed by atoms with Crippen molar-refractivity contribution in [2.75, 3.05) is 27.8 Å². The van der Waals surface area contributed by atoms with Crippen LogP contribution in [0, 0.1) is 0 Å². The lowest BCUT2D eigenvalue weighted by atomic mass is 10.1. The van der Waals surface area contributed by atoms with Crippen molar-refractivity contribution in [1.82, 2.24) is 9.62 Å². The highest BCUT2D eigenvalue weighted by Gasteiger charge is 2.17. The minimum atomic E-state index is -3.49. The van der Waals surface area contributed by atoms with Gasteiger partial charge in [0.25, 0.3) is 5.91 Å². The first-order chi connectivity index (χ1) is 12.7. The summed E-state index contributed by atoms with van der Waals surface area (Å²) in [7, 11) is 1.04. The molecule has 0 saturated carbocycles. The van der Waals surface area contributed by atoms with E-state index in [1.165, 1.54) is 38.4 Å². The zero-order valence-electron chi connectivity index (χ0n) is 15.8. The standard InChI is InChI=1S/C19H24N2O5S/c1-14(15-5-7-16(25-4)8-6-15)20-19(22)13-26-17-9-11-18(12-10-17)27(23,24)21(2)3/h5-12,14H,13H2,1-4H3,(H,20,22)/t14-/m1/s1. The average Bonchev–Trinajstić information content (AvgIpc) is 2.66. The van der Waals surface area contributed by atoms with Crippen LogP contribution in [0.1, 0.15) is 18.5 Å². The van der Waals surface area contributed by atoms with Crippen molar-refractivity contribution in [2.24, 2.45) is 0 Å². The Kier molecular flexibility index (Phi) is 6.81. The summed E-state index contributed by atoms with van der Waals surface area (Å²) in [5.41, 5.74) is 0.947. The Balaban J connectivity index is 1.89. The Morgan fingerprint density at radius 2 is 1.59 bits per heavy atom. The van der Waals surface area contributed by atoms with E-state index in [0.29, 0.717) is 5.75 Å². The second-order valence-electron chi connectivity index (χ2n) is 6.11. The molecule has 0 bridgehead atoms. The quantitative estimate of drug-likeness (QED) is 0.744. The van der Waals surface area contributed by atoms with Gasteiger partial charge in [0.2, 0.25) is 10.0 Å². The number of benzene rings is 2. The first-order valence-electron chi connectivity index (χ1n) is 8.32. The highest BCUT2D eigenvalue weighted by atomic mass is 32.2. The van der Waals surface area contributed by atoms with E-state index in [2.05, 4.69) is 5.32 Å². The Labute approximate surface area is 160 Å². The van der Waals surface area contributed by atoms with Crippen LogP contribution >= 0.6 is 0 Å². The van der Waals surface area contributed by atoms with Gasteiger partial charge in [-0.3, -0.25) is 4.79 Å². The topological polar surface area (TPSA) is 84.9 Å². The summed E-state index contributed by atoms with van der Waals surface area (Å²) in [6.45, 7) is 1.71. The van der Waals surface area contributed by atoms with Gasteiger partial charge in [-0.15, -0.1) is 0 Å². The van der Waals surface area contributed by atoms with Gasteiger partial charge >= 0.3 is 0 Å². The number of hydrogen-bond donors (Lipinski definition) is 1. The fraction of sp³-hybridized carbons (Fsp3) is 0.316. The van der Waals surface area contributed by atoms with E-state index < -0.39 is 10.0 Å². The van der Waals surface area contributed by atoms with Crippen LogP contribution in [0.5, 0.6) is 11.5 Å². The molecule has 1 N–H and O–H groups in total. The van der Waals surface area contributed by atoms with Crippen molar-refractivity contribution < 1.29 is 22.7 Å². The first-order valence-corrected chi connectivity index (χ1v) is 9.76. The van der Waals surface area contributed by atoms with E-state index in [1.54, 1.807) is 7.11 Å². The van der Waals surface area contributed by atoms with Crippen LogP contribution in [0.15, 0.2) is 53.4 Å². The summed E-state index contributed by atoms with van der Waals surface area (Å²) < 4.78 is 35.7. The third-order valence-electron chi connectivity index (χ3n) is 3.97. The largest absolute Gasteiger partial charge is 0.497 e. The van der Waals surface area contributed by atoms with E-state index in [0.717, 1.165) is 15.6 Å². The lowest BCUT2D eigenvalue weighted by Crippen LogP contribution is -2.31. The Bertz CT molecular complexity index is 862. The molecule has 2 aromatic rings. The van der Waals surface area contributed by atoms with Gasteiger partial charge in [-0.05, 0) is 48.9 Å². The molecule has 146 valence electrons. The summed E-state index contributed by atoms with van der Waals surface area (Å²) in [4.78, 5) is 12.2. The average molecular weight is 392 g/mol. The fourth-order valence-corrected chi connectivity index (χ4v) is 3.23. The van der Waals surface area contributed by atoms with Crippen LogP contribution < -0.4 is 14.8 Å². The third kappa shape index (κ3) is 5.45. The second kappa shape index (κ2) is 8.88. The highest BCUT2D eigenvalue weighted by Crippen LogP contribution is 2.19. The summed E-state index contributed by atoms with van der Waals surface area (Å²) in [6, 6.07) is 13.2. The molecule has 8 heteroatoms. The number of ether oxygens (including phenoxy) is 2. The molecule has 0 heterocycles. The molecule has 1 atom stereocenters. The highest BCUT2D eigenvalue weighted by molar-refractivity contribution is 7.89. The second-order valence-corrected chi connectivity index (χ2v) is 8.26. The lowest BCUT2D eigenvalue weighted by molar-refractivity contribution is -0.123. The van der Waals surface area contributed by atoms with Crippen LogP contribution in [0.3, 0.4) is 0 Å². The number of carbonyl (C=O) groups excluding carboxylic acids is 1. The molecule has 0 saturated heterocycles. The minimum Gasteiger partial charge on any atom is -0.497 e. The first kappa shape index (κ1) is 20.7. The van der Waals surface area contributed by atoms with Gasteiger partial charge in [0.15, 0.2) is 6.61 Å². The van der Waals surface area contributed by atoms with Gasteiger partial charge in [0, 0.05) is 14.1 Å². The third-order valence-corrected chi connectivity index (χ3v) is 5.79. The Hall–Kier alpha value is -2.58. The molecule has 0 aliphatic rings. The SMILES string of the molecule is COc1ccc([C@@H](C)NC(=O)COc2ccc(S(=O)(=O)N(C)C)cc2)cc1. The van der Waals surface area contributed by atoms with Crippen molar-refractivity contribution in [1.29, 1.82) is 0 Å². The number of carbonyl (C=O) groups is 1. The number of amides is 1. The Morgan fingerprint density at radius 3 is 2.11 bits per heavy atom. The van der Waals surface area contributed by atoms with Gasteiger partial charge in [-0.1, -0.05) is 12.1 Å². The zero-order valence-corrected chi connectivity index (χ0v) is 16.6. The molecular formula is C19H24N2O5S. The maximum atomic E-state index is 12.1. The zero-order chi connectivity index (χ0) is 20.0. The molecule has 0 aliphatic carbocycles. The van der Waals surface area contributed by atoms with Crippen LogP contribution in [0.25, 0.3) is 0 Å². The number of sulfonamides is 1. The molecule has 0 unspecified atom stereocenters. The van der Waals surface area contributed by atoms with Crippen LogP contribution in [0.2, 0.25) is 0 Å². The molecule has 2 rings (SSSR count).